The number of hydrogen-bond acceptors (Lipinski definition) is 4. The highest BCUT2D eigenvalue weighted by molar-refractivity contribution is 5.94. The van der Waals surface area contributed by atoms with E-state index in [2.05, 4.69) is 10.2 Å². The maximum atomic E-state index is 12.5. The average molecular weight is 271 g/mol. The summed E-state index contributed by atoms with van der Waals surface area (Å²) < 4.78 is 42.2. The van der Waals surface area contributed by atoms with Crippen LogP contribution in [-0.4, -0.2) is 16.2 Å². The van der Waals surface area contributed by atoms with E-state index in [1.54, 1.807) is 0 Å². The second kappa shape index (κ2) is 4.63. The predicted octanol–water partition coefficient (Wildman–Crippen LogP) is 2.23. The van der Waals surface area contributed by atoms with Crippen LogP contribution in [0.3, 0.4) is 0 Å². The van der Waals surface area contributed by atoms with E-state index in [0.717, 1.165) is 18.2 Å². The van der Waals surface area contributed by atoms with E-state index in [1.807, 2.05) is 0 Å². The third-order valence-electron chi connectivity index (χ3n) is 2.24. The van der Waals surface area contributed by atoms with Gasteiger partial charge in [-0.15, -0.1) is 0 Å². The molecule has 0 unspecified atom stereocenters. The Morgan fingerprint density at radius 2 is 2.11 bits per heavy atom. The maximum Gasteiger partial charge on any atom is 0.416 e. The molecule has 19 heavy (non-hydrogen) atoms. The number of nitrogens with zero attached hydrogens (tertiary/aromatic N) is 1. The summed E-state index contributed by atoms with van der Waals surface area (Å²) in [5.41, 5.74) is 4.45. The van der Waals surface area contributed by atoms with E-state index in [0.29, 0.717) is 0 Å². The molecule has 0 bridgehead atoms. The molecule has 0 atom stereocenters. The first-order valence-corrected chi connectivity index (χ1v) is 5.06. The van der Waals surface area contributed by atoms with Gasteiger partial charge in [0.15, 0.2) is 5.69 Å². The van der Waals surface area contributed by atoms with Crippen LogP contribution in [0.5, 0.6) is 5.75 Å². The molecule has 0 spiro atoms. The predicted molar refractivity (Wildman–Crippen MR) is 59.4 cm³/mol. The Morgan fingerprint density at radius 3 is 2.68 bits per heavy atom. The van der Waals surface area contributed by atoms with Gasteiger partial charge < -0.3 is 10.5 Å². The van der Waals surface area contributed by atoms with Crippen molar-refractivity contribution in [3.8, 4) is 5.75 Å². The molecule has 3 N–H and O–H groups in total. The lowest BCUT2D eigenvalue weighted by atomic mass is 10.2. The SMILES string of the molecule is Nc1cn[nH]c1C(=O)Oc1cccc(C(F)(F)F)c1. The average Bonchev–Trinajstić information content (AvgIpc) is 2.75. The molecular formula is C11H8F3N3O2. The van der Waals surface area contributed by atoms with Crippen molar-refractivity contribution in [3.63, 3.8) is 0 Å². The summed E-state index contributed by atoms with van der Waals surface area (Å²) >= 11 is 0. The monoisotopic (exact) mass is 271 g/mol. The molecule has 2 aromatic rings. The fourth-order valence-electron chi connectivity index (χ4n) is 1.35. The number of hydrogen-bond donors (Lipinski definition) is 2. The molecule has 8 heteroatoms. The minimum atomic E-state index is -4.50. The first-order chi connectivity index (χ1) is 8.88. The molecule has 5 nitrogen and oxygen atoms in total. The van der Waals surface area contributed by atoms with Crippen molar-refractivity contribution in [2.75, 3.05) is 5.73 Å². The molecule has 0 aliphatic rings. The largest absolute Gasteiger partial charge is 0.422 e. The lowest BCUT2D eigenvalue weighted by molar-refractivity contribution is -0.137. The van der Waals surface area contributed by atoms with Crippen LogP contribution < -0.4 is 10.5 Å². The molecule has 100 valence electrons. The first kappa shape index (κ1) is 12.9. The summed E-state index contributed by atoms with van der Waals surface area (Å²) in [6, 6.07) is 3.98. The van der Waals surface area contributed by atoms with Crippen LogP contribution in [0.15, 0.2) is 30.5 Å². The van der Waals surface area contributed by atoms with Gasteiger partial charge in [-0.25, -0.2) is 4.79 Å². The summed E-state index contributed by atoms with van der Waals surface area (Å²) in [5.74, 6) is -1.14. The fourth-order valence-corrected chi connectivity index (χ4v) is 1.35. The van der Waals surface area contributed by atoms with Gasteiger partial charge in [-0.1, -0.05) is 6.07 Å². The molecule has 0 aliphatic heterocycles. The first-order valence-electron chi connectivity index (χ1n) is 5.06. The highest BCUT2D eigenvalue weighted by atomic mass is 19.4. The minimum absolute atomic E-state index is 0.0528. The molecular weight excluding hydrogens is 263 g/mol. The number of carbonyl (C=O) groups is 1. The van der Waals surface area contributed by atoms with Crippen molar-refractivity contribution in [2.45, 2.75) is 6.18 Å². The number of esters is 1. The van der Waals surface area contributed by atoms with E-state index in [-0.39, 0.29) is 17.1 Å². The number of anilines is 1. The molecule has 0 radical (unpaired) electrons. The van der Waals surface area contributed by atoms with Gasteiger partial charge in [0.2, 0.25) is 0 Å². The second-order valence-corrected chi connectivity index (χ2v) is 3.62. The van der Waals surface area contributed by atoms with Crippen LogP contribution in [-0.2, 0) is 6.18 Å². The molecule has 0 saturated carbocycles. The molecule has 0 amide bonds. The molecule has 0 aliphatic carbocycles. The van der Waals surface area contributed by atoms with Gasteiger partial charge in [0, 0.05) is 0 Å². The van der Waals surface area contributed by atoms with Crippen LogP contribution in [0.4, 0.5) is 18.9 Å². The number of alkyl halides is 3. The highest BCUT2D eigenvalue weighted by Crippen LogP contribution is 2.31. The van der Waals surface area contributed by atoms with Gasteiger partial charge in [0.25, 0.3) is 0 Å². The molecule has 1 aromatic heterocycles. The number of aromatic amines is 1. The quantitative estimate of drug-likeness (QED) is 0.648. The van der Waals surface area contributed by atoms with E-state index in [9.17, 15) is 18.0 Å². The number of benzene rings is 1. The second-order valence-electron chi connectivity index (χ2n) is 3.62. The Morgan fingerprint density at radius 1 is 1.37 bits per heavy atom. The molecule has 1 heterocycles. The normalized spacial score (nSPS) is 11.3. The number of nitrogens with two attached hydrogens (primary N) is 1. The van der Waals surface area contributed by atoms with Crippen molar-refractivity contribution in [3.05, 3.63) is 41.7 Å². The van der Waals surface area contributed by atoms with Crippen molar-refractivity contribution in [2.24, 2.45) is 0 Å². The molecule has 2 rings (SSSR count). The topological polar surface area (TPSA) is 81.0 Å². The Kier molecular flexibility index (Phi) is 3.16. The molecule has 0 saturated heterocycles. The lowest BCUT2D eigenvalue weighted by Crippen LogP contribution is -2.12. The summed E-state index contributed by atoms with van der Waals surface area (Å²) in [4.78, 5) is 11.6. The van der Waals surface area contributed by atoms with Crippen LogP contribution >= 0.6 is 0 Å². The van der Waals surface area contributed by atoms with Crippen molar-refractivity contribution in [1.82, 2.24) is 10.2 Å². The van der Waals surface area contributed by atoms with E-state index < -0.39 is 17.7 Å². The van der Waals surface area contributed by atoms with Gasteiger partial charge in [-0.2, -0.15) is 18.3 Å². The zero-order valence-electron chi connectivity index (χ0n) is 9.36. The third-order valence-corrected chi connectivity index (χ3v) is 2.24. The van der Waals surface area contributed by atoms with Gasteiger partial charge in [-0.3, -0.25) is 5.10 Å². The highest BCUT2D eigenvalue weighted by Gasteiger charge is 2.30. The fraction of sp³-hybridized carbons (Fsp3) is 0.0909. The number of nitrogen functional groups attached to an aromatic ring is 1. The van der Waals surface area contributed by atoms with E-state index in [1.165, 1.54) is 12.3 Å². The standard InChI is InChI=1S/C11H8F3N3O2/c12-11(13,14)6-2-1-3-7(4-6)19-10(18)9-8(15)5-16-17-9/h1-5H,15H2,(H,16,17). The number of rotatable bonds is 2. The van der Waals surface area contributed by atoms with Crippen LogP contribution in [0, 0.1) is 0 Å². The van der Waals surface area contributed by atoms with Crippen LogP contribution in [0.25, 0.3) is 0 Å². The zero-order chi connectivity index (χ0) is 14.0. The van der Waals surface area contributed by atoms with Gasteiger partial charge >= 0.3 is 12.1 Å². The zero-order valence-corrected chi connectivity index (χ0v) is 9.36. The number of H-pyrrole nitrogens is 1. The Bertz CT molecular complexity index is 607. The van der Waals surface area contributed by atoms with Gasteiger partial charge in [0.1, 0.15) is 5.75 Å². The number of nitrogens with one attached hydrogen (secondary N) is 1. The Hall–Kier alpha value is -2.51. The summed E-state index contributed by atoms with van der Waals surface area (Å²) in [6.07, 6.45) is -3.31. The van der Waals surface area contributed by atoms with Crippen LogP contribution in [0.1, 0.15) is 16.1 Å². The summed E-state index contributed by atoms with van der Waals surface area (Å²) in [6.45, 7) is 0. The minimum Gasteiger partial charge on any atom is -0.422 e. The molecule has 0 fully saturated rings. The van der Waals surface area contributed by atoms with Crippen molar-refractivity contribution >= 4 is 11.7 Å². The van der Waals surface area contributed by atoms with Crippen molar-refractivity contribution < 1.29 is 22.7 Å². The number of ether oxygens (including phenoxy) is 1. The number of aromatic nitrogens is 2. The Balaban J connectivity index is 2.21. The molecule has 1 aromatic carbocycles. The Labute approximate surface area is 105 Å². The summed E-state index contributed by atoms with van der Waals surface area (Å²) in [5, 5.41) is 5.81. The van der Waals surface area contributed by atoms with E-state index in [4.69, 9.17) is 10.5 Å². The lowest BCUT2D eigenvalue weighted by Gasteiger charge is -2.08. The maximum absolute atomic E-state index is 12.5. The summed E-state index contributed by atoms with van der Waals surface area (Å²) in [7, 11) is 0. The smallest absolute Gasteiger partial charge is 0.416 e. The third kappa shape index (κ3) is 2.84. The van der Waals surface area contributed by atoms with Gasteiger partial charge in [-0.05, 0) is 18.2 Å². The van der Waals surface area contributed by atoms with Crippen molar-refractivity contribution in [1.29, 1.82) is 0 Å². The number of carbonyl (C=O) groups excluding carboxylic acids is 1. The number of halogens is 3. The van der Waals surface area contributed by atoms with Crippen LogP contribution in [0.2, 0.25) is 0 Å². The van der Waals surface area contributed by atoms with E-state index >= 15 is 0 Å². The van der Waals surface area contributed by atoms with Gasteiger partial charge in [0.05, 0.1) is 17.4 Å².